The Morgan fingerprint density at radius 1 is 0.818 bits per heavy atom. The van der Waals surface area contributed by atoms with E-state index in [0.29, 0.717) is 28.5 Å². The molecule has 0 atom stereocenters. The molecule has 16 nitrogen and oxygen atoms in total. The van der Waals surface area contributed by atoms with Gasteiger partial charge < -0.3 is 5.21 Å². The molecule has 4 heterocycles. The highest BCUT2D eigenvalue weighted by molar-refractivity contribution is 8.00. The lowest BCUT2D eigenvalue weighted by atomic mass is 10.2. The lowest BCUT2D eigenvalue weighted by Gasteiger charge is -2.03. The van der Waals surface area contributed by atoms with Crippen molar-refractivity contribution in [2.24, 2.45) is 15.4 Å². The first-order valence-corrected chi connectivity index (χ1v) is 19.1. The average Bonchev–Trinajstić information content (AvgIpc) is 3.53. The zero-order chi connectivity index (χ0) is 33.3. The van der Waals surface area contributed by atoms with Crippen LogP contribution in [-0.4, -0.2) is 77.4 Å². The molecule has 4 aromatic rings. The van der Waals surface area contributed by atoms with Gasteiger partial charge in [-0.15, -0.1) is 16.9 Å². The van der Waals surface area contributed by atoms with Crippen molar-refractivity contribution in [3.8, 4) is 0 Å². The minimum absolute atomic E-state index is 0.0210. The van der Waals surface area contributed by atoms with Crippen molar-refractivity contribution in [1.29, 1.82) is 0 Å². The van der Waals surface area contributed by atoms with Gasteiger partial charge >= 0.3 is 0 Å². The molecule has 0 radical (unpaired) electrons. The largest absolute Gasteiger partial charge is 0.411 e. The first kappa shape index (κ1) is 37.0. The van der Waals surface area contributed by atoms with Crippen LogP contribution in [0.15, 0.2) is 49.5 Å². The number of thioether (sulfide) groups is 1. The van der Waals surface area contributed by atoms with E-state index in [0.717, 1.165) is 29.5 Å². The molecule has 0 fully saturated rings. The number of oxime groups is 1. The van der Waals surface area contributed by atoms with E-state index < -0.39 is 39.9 Å². The molecule has 4 rings (SSSR count). The number of primary sulfonamides is 2. The molecule has 0 unspecified atom stereocenters. The quantitative estimate of drug-likeness (QED) is 0.0935. The number of nitrogens with two attached hydrogens (primary N) is 2. The standard InChI is InChI=1S/C11H16N4O4S2.C11H16N4O2S2.C2H5NO/c1-3-5-8-6-7-9-13-10(20(16,17)4-2)11(15(9)14-8)21(12,18)19;1-3-5-8-6-7-9-13-10(18-4-2)11(15(9)14-8)19(12,16)17;1-2-3-4/h6-7H,3-5H2,1-2H3,(H2,12,18,19);6-7H,3-5H2,1-2H3,(H2,12,16,17);2,4H,1H3/b;;3-2+. The molecule has 0 saturated heterocycles. The van der Waals surface area contributed by atoms with Crippen LogP contribution in [0.1, 0.15) is 58.8 Å². The lowest BCUT2D eigenvalue weighted by molar-refractivity contribution is 0.321. The fourth-order valence-electron chi connectivity index (χ4n) is 3.70. The number of hydrogen-bond acceptors (Lipinski definition) is 13. The highest BCUT2D eigenvalue weighted by Gasteiger charge is 2.31. The maximum absolute atomic E-state index is 12.0. The van der Waals surface area contributed by atoms with Crippen LogP contribution in [0.25, 0.3) is 11.3 Å². The second-order valence-electron chi connectivity index (χ2n) is 8.93. The van der Waals surface area contributed by atoms with Gasteiger partial charge in [-0.25, -0.2) is 45.5 Å². The van der Waals surface area contributed by atoms with Gasteiger partial charge in [-0.1, -0.05) is 40.5 Å². The summed E-state index contributed by atoms with van der Waals surface area (Å²) in [4.78, 5) is 8.15. The van der Waals surface area contributed by atoms with Crippen LogP contribution in [-0.2, 0) is 42.7 Å². The van der Waals surface area contributed by atoms with E-state index in [-0.39, 0.29) is 16.4 Å². The number of aryl methyl sites for hydroxylation is 2. The number of fused-ring (bicyclic) bond motifs is 2. The molecule has 20 heteroatoms. The van der Waals surface area contributed by atoms with Crippen LogP contribution in [0.4, 0.5) is 0 Å². The Morgan fingerprint density at radius 2 is 1.27 bits per heavy atom. The maximum atomic E-state index is 12.0. The summed E-state index contributed by atoms with van der Waals surface area (Å²) in [6.07, 6.45) is 4.48. The molecular formula is C24H37N9O7S4. The molecule has 0 aliphatic heterocycles. The third-order valence-corrected chi connectivity index (χ3v) is 10.1. The van der Waals surface area contributed by atoms with Crippen LogP contribution >= 0.6 is 11.8 Å². The normalized spacial score (nSPS) is 12.2. The number of hydrogen-bond donors (Lipinski definition) is 3. The van der Waals surface area contributed by atoms with Crippen molar-refractivity contribution in [2.75, 3.05) is 11.5 Å². The van der Waals surface area contributed by atoms with E-state index in [9.17, 15) is 25.3 Å². The van der Waals surface area contributed by atoms with Crippen molar-refractivity contribution in [1.82, 2.24) is 29.2 Å². The SMILES string of the molecule is C/C=N/O.CCCc1ccc2nc(S(=O)(=O)CC)c(S(N)(=O)=O)n2n1.CCCc1ccc2nc(SCC)c(S(N)(=O)=O)n2n1. The molecule has 4 aromatic heterocycles. The monoisotopic (exact) mass is 691 g/mol. The maximum Gasteiger partial charge on any atom is 0.258 e. The minimum atomic E-state index is -4.28. The third-order valence-electron chi connectivity index (χ3n) is 5.55. The Morgan fingerprint density at radius 3 is 1.66 bits per heavy atom. The molecule has 0 aliphatic rings. The van der Waals surface area contributed by atoms with E-state index in [1.807, 2.05) is 26.8 Å². The van der Waals surface area contributed by atoms with E-state index >= 15 is 0 Å². The van der Waals surface area contributed by atoms with E-state index in [1.165, 1.54) is 35.5 Å². The van der Waals surface area contributed by atoms with Gasteiger partial charge in [-0.05, 0) is 49.8 Å². The summed E-state index contributed by atoms with van der Waals surface area (Å²) in [6.45, 7) is 8.96. The number of sulfone groups is 1. The number of sulfonamides is 2. The predicted octanol–water partition coefficient (Wildman–Crippen LogP) is 2.03. The van der Waals surface area contributed by atoms with E-state index in [1.54, 1.807) is 19.1 Å². The zero-order valence-corrected chi connectivity index (χ0v) is 28.2. The third kappa shape index (κ3) is 9.17. The summed E-state index contributed by atoms with van der Waals surface area (Å²) in [6, 6.07) is 6.84. The molecule has 0 bridgehead atoms. The summed E-state index contributed by atoms with van der Waals surface area (Å²) < 4.78 is 73.4. The number of imidazole rings is 2. The van der Waals surface area contributed by atoms with Crippen molar-refractivity contribution < 1.29 is 30.5 Å². The molecule has 244 valence electrons. The molecule has 0 aromatic carbocycles. The van der Waals surface area contributed by atoms with Crippen LogP contribution in [0.2, 0.25) is 0 Å². The summed E-state index contributed by atoms with van der Waals surface area (Å²) in [5.41, 5.74) is 2.09. The highest BCUT2D eigenvalue weighted by atomic mass is 32.2. The first-order chi connectivity index (χ1) is 20.6. The van der Waals surface area contributed by atoms with Gasteiger partial charge in [0, 0.05) is 6.21 Å². The fourth-order valence-corrected chi connectivity index (χ4v) is 7.78. The summed E-state index contributed by atoms with van der Waals surface area (Å²) >= 11 is 1.34. The minimum Gasteiger partial charge on any atom is -0.411 e. The summed E-state index contributed by atoms with van der Waals surface area (Å²) in [5, 5.41) is 28.2. The van der Waals surface area contributed by atoms with Gasteiger partial charge in [0.05, 0.1) is 17.1 Å². The predicted molar refractivity (Wildman–Crippen MR) is 167 cm³/mol. The molecule has 0 amide bonds. The Labute approximate surface area is 261 Å². The topological polar surface area (TPSA) is 247 Å². The number of nitrogens with zero attached hydrogens (tertiary/aromatic N) is 7. The van der Waals surface area contributed by atoms with Crippen LogP contribution < -0.4 is 10.3 Å². The smallest absolute Gasteiger partial charge is 0.258 e. The Kier molecular flexibility index (Phi) is 13.2. The number of aromatic nitrogens is 6. The average molecular weight is 692 g/mol. The summed E-state index contributed by atoms with van der Waals surface area (Å²) in [5.74, 6) is 0.440. The van der Waals surface area contributed by atoms with Crippen molar-refractivity contribution in [3.63, 3.8) is 0 Å². The molecule has 0 saturated carbocycles. The van der Waals surface area contributed by atoms with Gasteiger partial charge in [0.25, 0.3) is 20.0 Å². The van der Waals surface area contributed by atoms with Gasteiger partial charge in [0.2, 0.25) is 10.1 Å². The number of rotatable bonds is 10. The van der Waals surface area contributed by atoms with Crippen molar-refractivity contribution >= 4 is 59.2 Å². The van der Waals surface area contributed by atoms with Crippen LogP contribution in [0.3, 0.4) is 0 Å². The van der Waals surface area contributed by atoms with Gasteiger partial charge in [0.15, 0.2) is 26.2 Å². The van der Waals surface area contributed by atoms with Crippen LogP contribution in [0.5, 0.6) is 0 Å². The Hall–Kier alpha value is -3.17. The first-order valence-electron chi connectivity index (χ1n) is 13.4. The molecule has 5 N–H and O–H groups in total. The second-order valence-corrected chi connectivity index (χ2v) is 15.3. The molecule has 0 aliphatic carbocycles. The van der Waals surface area contributed by atoms with Crippen molar-refractivity contribution in [3.05, 3.63) is 35.7 Å². The van der Waals surface area contributed by atoms with E-state index in [4.69, 9.17) is 15.5 Å². The second kappa shape index (κ2) is 15.7. The van der Waals surface area contributed by atoms with Gasteiger partial charge in [-0.2, -0.15) is 19.2 Å². The lowest BCUT2D eigenvalue weighted by Crippen LogP contribution is -2.20. The fraction of sp³-hybridized carbons (Fsp3) is 0.458. The van der Waals surface area contributed by atoms with Gasteiger partial charge in [-0.3, -0.25) is 0 Å². The zero-order valence-electron chi connectivity index (χ0n) is 24.9. The van der Waals surface area contributed by atoms with E-state index in [2.05, 4.69) is 25.3 Å². The molecule has 0 spiro atoms. The van der Waals surface area contributed by atoms with Crippen molar-refractivity contribution in [2.45, 2.75) is 80.4 Å². The van der Waals surface area contributed by atoms with Crippen LogP contribution in [0, 0.1) is 0 Å². The Balaban J connectivity index is 0.000000275. The summed E-state index contributed by atoms with van der Waals surface area (Å²) in [7, 11) is -12.0. The highest BCUT2D eigenvalue weighted by Crippen LogP contribution is 2.26. The Bertz CT molecular complexity index is 1930. The van der Waals surface area contributed by atoms with Gasteiger partial charge in [0.1, 0.15) is 5.03 Å². The molecular weight excluding hydrogens is 655 g/mol. The molecule has 44 heavy (non-hydrogen) atoms.